The molecule has 3 aromatic rings. The van der Waals surface area contributed by atoms with Crippen molar-refractivity contribution in [1.82, 2.24) is 14.9 Å². The Labute approximate surface area is 200 Å². The molecule has 1 saturated heterocycles. The molecular formula is C24H23N5O4S. The van der Waals surface area contributed by atoms with Gasteiger partial charge in [-0.05, 0) is 35.9 Å². The second-order valence-corrected chi connectivity index (χ2v) is 8.83. The first-order valence-electron chi connectivity index (χ1n) is 10.5. The summed E-state index contributed by atoms with van der Waals surface area (Å²) in [5, 5.41) is 0. The fourth-order valence-electron chi connectivity index (χ4n) is 3.32. The Bertz CT molecular complexity index is 1220. The smallest absolute Gasteiger partial charge is 0.248 e. The summed E-state index contributed by atoms with van der Waals surface area (Å²) in [4.78, 5) is 48.7. The third kappa shape index (κ3) is 5.52. The number of nitrogens with two attached hydrogens (primary N) is 1. The fourth-order valence-corrected chi connectivity index (χ4v) is 4.15. The molecule has 0 spiro atoms. The molecule has 1 fully saturated rings. The van der Waals surface area contributed by atoms with Crippen LogP contribution in [0.4, 0.5) is 5.95 Å². The lowest BCUT2D eigenvalue weighted by Gasteiger charge is -2.32. The van der Waals surface area contributed by atoms with Crippen LogP contribution in [0.15, 0.2) is 64.5 Å². The standard InChI is InChI=1S/C24H23N5O4S/c1-28-9-10-29(13-21(28)31)24-26-12-20(34-19-7-5-18(6-8-19)22(25)32)23(27-24)33-15-17-4-2-3-16(11-17)14-30/h2-8,11-12,14H,9-10,13,15H2,1H3,(H2,25,32). The van der Waals surface area contributed by atoms with Crippen molar-refractivity contribution < 1.29 is 19.1 Å². The van der Waals surface area contributed by atoms with E-state index in [-0.39, 0.29) is 19.1 Å². The van der Waals surface area contributed by atoms with Crippen molar-refractivity contribution in [2.45, 2.75) is 16.4 Å². The van der Waals surface area contributed by atoms with Crippen LogP contribution in [-0.4, -0.2) is 59.7 Å². The van der Waals surface area contributed by atoms with Gasteiger partial charge in [-0.3, -0.25) is 14.4 Å². The van der Waals surface area contributed by atoms with Crippen LogP contribution in [0, 0.1) is 0 Å². The number of aldehydes is 1. The minimum absolute atomic E-state index is 0.00371. The highest BCUT2D eigenvalue weighted by molar-refractivity contribution is 7.99. The molecule has 9 nitrogen and oxygen atoms in total. The molecular weight excluding hydrogens is 454 g/mol. The van der Waals surface area contributed by atoms with Crippen LogP contribution in [-0.2, 0) is 11.4 Å². The van der Waals surface area contributed by atoms with Crippen molar-refractivity contribution in [2.75, 3.05) is 31.6 Å². The second kappa shape index (κ2) is 10.3. The Morgan fingerprint density at radius 1 is 1.21 bits per heavy atom. The van der Waals surface area contributed by atoms with E-state index in [1.54, 1.807) is 60.6 Å². The van der Waals surface area contributed by atoms with Crippen molar-refractivity contribution >= 4 is 35.8 Å². The maximum atomic E-state index is 12.1. The van der Waals surface area contributed by atoms with Crippen LogP contribution in [0.3, 0.4) is 0 Å². The molecule has 1 aliphatic rings. The number of benzene rings is 2. The van der Waals surface area contributed by atoms with Gasteiger partial charge in [-0.1, -0.05) is 30.0 Å². The van der Waals surface area contributed by atoms with Crippen molar-refractivity contribution in [3.05, 3.63) is 71.4 Å². The highest BCUT2D eigenvalue weighted by Gasteiger charge is 2.24. The third-order valence-corrected chi connectivity index (χ3v) is 6.29. The average Bonchev–Trinajstić information content (AvgIpc) is 2.85. The lowest BCUT2D eigenvalue weighted by Crippen LogP contribution is -2.49. The minimum atomic E-state index is -0.493. The molecule has 0 radical (unpaired) electrons. The van der Waals surface area contributed by atoms with Crippen LogP contribution >= 0.6 is 11.8 Å². The Morgan fingerprint density at radius 3 is 2.71 bits per heavy atom. The van der Waals surface area contributed by atoms with Crippen LogP contribution in [0.2, 0.25) is 0 Å². The van der Waals surface area contributed by atoms with E-state index in [2.05, 4.69) is 9.97 Å². The first-order valence-corrected chi connectivity index (χ1v) is 11.3. The van der Waals surface area contributed by atoms with Crippen molar-refractivity contribution in [3.63, 3.8) is 0 Å². The number of rotatable bonds is 8. The molecule has 4 rings (SSSR count). The summed E-state index contributed by atoms with van der Waals surface area (Å²) >= 11 is 1.38. The topological polar surface area (TPSA) is 119 Å². The molecule has 174 valence electrons. The molecule has 10 heteroatoms. The monoisotopic (exact) mass is 477 g/mol. The number of anilines is 1. The van der Waals surface area contributed by atoms with E-state index in [0.717, 1.165) is 16.7 Å². The van der Waals surface area contributed by atoms with Gasteiger partial charge in [0.2, 0.25) is 23.6 Å². The maximum Gasteiger partial charge on any atom is 0.248 e. The van der Waals surface area contributed by atoms with Gasteiger partial charge in [0.25, 0.3) is 0 Å². The third-order valence-electron chi connectivity index (χ3n) is 5.28. The summed E-state index contributed by atoms with van der Waals surface area (Å²) in [5.41, 5.74) is 7.12. The minimum Gasteiger partial charge on any atom is -0.472 e. The lowest BCUT2D eigenvalue weighted by atomic mass is 10.1. The van der Waals surface area contributed by atoms with Gasteiger partial charge in [-0.15, -0.1) is 0 Å². The number of likely N-dealkylation sites (N-methyl/N-ethyl adjacent to an activating group) is 1. The summed E-state index contributed by atoms with van der Waals surface area (Å²) in [7, 11) is 1.77. The van der Waals surface area contributed by atoms with E-state index in [1.807, 2.05) is 11.0 Å². The van der Waals surface area contributed by atoms with Crippen LogP contribution in [0.5, 0.6) is 5.88 Å². The van der Waals surface area contributed by atoms with E-state index in [4.69, 9.17) is 10.5 Å². The molecule has 0 unspecified atom stereocenters. The Balaban J connectivity index is 1.60. The number of aromatic nitrogens is 2. The number of ether oxygens (including phenoxy) is 1. The Kier molecular flexibility index (Phi) is 7.07. The van der Waals surface area contributed by atoms with Gasteiger partial charge in [0.15, 0.2) is 0 Å². The van der Waals surface area contributed by atoms with Gasteiger partial charge < -0.3 is 20.3 Å². The predicted molar refractivity (Wildman–Crippen MR) is 127 cm³/mol. The molecule has 34 heavy (non-hydrogen) atoms. The van der Waals surface area contributed by atoms with Gasteiger partial charge in [0.05, 0.1) is 17.6 Å². The van der Waals surface area contributed by atoms with E-state index in [0.29, 0.717) is 40.9 Å². The first-order chi connectivity index (χ1) is 16.4. The molecule has 0 atom stereocenters. The summed E-state index contributed by atoms with van der Waals surface area (Å²) in [5.74, 6) is 0.270. The molecule has 2 amide bonds. The summed E-state index contributed by atoms with van der Waals surface area (Å²) in [6.45, 7) is 1.59. The quantitative estimate of drug-likeness (QED) is 0.491. The highest BCUT2D eigenvalue weighted by Crippen LogP contribution is 2.35. The molecule has 0 bridgehead atoms. The molecule has 2 aromatic carbocycles. The number of piperazine rings is 1. The summed E-state index contributed by atoms with van der Waals surface area (Å²) < 4.78 is 6.05. The maximum absolute atomic E-state index is 12.1. The van der Waals surface area contributed by atoms with E-state index in [1.165, 1.54) is 11.8 Å². The van der Waals surface area contributed by atoms with E-state index in [9.17, 15) is 14.4 Å². The number of amides is 2. The first kappa shape index (κ1) is 23.2. The van der Waals surface area contributed by atoms with Crippen LogP contribution < -0.4 is 15.4 Å². The van der Waals surface area contributed by atoms with E-state index < -0.39 is 5.91 Å². The van der Waals surface area contributed by atoms with Crippen LogP contribution in [0.25, 0.3) is 0 Å². The zero-order valence-electron chi connectivity index (χ0n) is 18.5. The largest absolute Gasteiger partial charge is 0.472 e. The van der Waals surface area contributed by atoms with Gasteiger partial charge in [-0.25, -0.2) is 4.98 Å². The predicted octanol–water partition coefficient (Wildman–Crippen LogP) is 2.40. The van der Waals surface area contributed by atoms with Gasteiger partial charge in [-0.2, -0.15) is 4.98 Å². The summed E-state index contributed by atoms with van der Waals surface area (Å²) in [6.07, 6.45) is 2.45. The number of nitrogens with zero attached hydrogens (tertiary/aromatic N) is 4. The number of carbonyl (C=O) groups excluding carboxylic acids is 3. The molecule has 0 aliphatic carbocycles. The van der Waals surface area contributed by atoms with Gasteiger partial charge >= 0.3 is 0 Å². The number of primary amides is 1. The van der Waals surface area contributed by atoms with Gasteiger partial charge in [0, 0.05) is 36.2 Å². The molecule has 1 aromatic heterocycles. The van der Waals surface area contributed by atoms with E-state index >= 15 is 0 Å². The Morgan fingerprint density at radius 2 is 2.00 bits per heavy atom. The Hall–Kier alpha value is -3.92. The van der Waals surface area contributed by atoms with Crippen molar-refractivity contribution in [1.29, 1.82) is 0 Å². The number of carbonyl (C=O) groups is 3. The van der Waals surface area contributed by atoms with Crippen molar-refractivity contribution in [3.8, 4) is 5.88 Å². The SMILES string of the molecule is CN1CCN(c2ncc(Sc3ccc(C(N)=O)cc3)c(OCc3cccc(C=O)c3)n2)CC1=O. The zero-order valence-corrected chi connectivity index (χ0v) is 19.3. The summed E-state index contributed by atoms with van der Waals surface area (Å²) in [6, 6.07) is 14.0. The molecule has 2 heterocycles. The van der Waals surface area contributed by atoms with Crippen LogP contribution in [0.1, 0.15) is 26.3 Å². The lowest BCUT2D eigenvalue weighted by molar-refractivity contribution is -0.129. The zero-order chi connectivity index (χ0) is 24.1. The molecule has 0 saturated carbocycles. The number of hydrogen-bond donors (Lipinski definition) is 1. The van der Waals surface area contributed by atoms with Gasteiger partial charge in [0.1, 0.15) is 12.9 Å². The number of hydrogen-bond acceptors (Lipinski definition) is 8. The second-order valence-electron chi connectivity index (χ2n) is 7.72. The van der Waals surface area contributed by atoms with Crippen molar-refractivity contribution in [2.24, 2.45) is 5.73 Å². The molecule has 1 aliphatic heterocycles. The molecule has 2 N–H and O–H groups in total. The average molecular weight is 478 g/mol. The highest BCUT2D eigenvalue weighted by atomic mass is 32.2. The fraction of sp³-hybridized carbons (Fsp3) is 0.208. The normalized spacial score (nSPS) is 13.6.